The summed E-state index contributed by atoms with van der Waals surface area (Å²) >= 11 is 0. The lowest BCUT2D eigenvalue weighted by atomic mass is 10.0. The van der Waals surface area contributed by atoms with Crippen LogP contribution in [0.1, 0.15) is 67.5 Å². The molecular weight excluding hydrogens is 1290 g/mol. The van der Waals surface area contributed by atoms with Gasteiger partial charge in [-0.3, -0.25) is 19.3 Å². The number of rotatable bonds is 30. The average Bonchev–Trinajstić information content (AvgIpc) is 1.71. The number of carbonyl (C=O) groups excluding carboxylic acids is 1. The standard InChI is InChI=1S/C71H78F6N14O8/c1-5-49(2)90-66(92)88(47-84-90)60-24-16-56(17-25-60)78-33-35-80-58-20-28-62(29-21-58)94-41-64-43-96-68(98-64,52-12-14-53(15-13-52)70(72,73)74)46-87-40-51(39-83-87)11-10-50(3)91-67(93)89(48-85(91)4)61-26-18-57(19-27-61)79-34-36-81-59-22-30-63(31-23-59)95-42-65-44-97-69(99-65,45-86-37-7-32-82-86)54-8-6-9-55(38-54)71(75,76)77/h6-9,12-32,37-40,47,49-50,64-65,78-81H,5,10-11,33-36,41-46,48H2,1-4H3/t49?,50?,64-,65-,68-,69-/m1/s1. The molecule has 6 heterocycles. The zero-order valence-corrected chi connectivity index (χ0v) is 55.0. The van der Waals surface area contributed by atoms with Crippen LogP contribution in [0.2, 0.25) is 0 Å². The predicted molar refractivity (Wildman–Crippen MR) is 360 cm³/mol. The SMILES string of the molecule is CCC(C)n1ncn(-c2ccc(NCCNc3ccc(OC[C@@H]4CO[C@@](Cn5cc(CCC(C)N6C(=O)N(c7ccc(NCCNc8ccc(OC[C@@H]9CO[C@@](Cn%10cccn%10)(c%10cccc(C(F)(F)F)c%10)O9)cc8)cc7)CN6C)cn5)(c5ccc(C(F)(F)F)cc5)O4)cc3)cc2)c1=O. The van der Waals surface area contributed by atoms with Crippen molar-refractivity contribution in [3.8, 4) is 17.2 Å². The molecule has 2 unspecified atom stereocenters. The second kappa shape index (κ2) is 30.1. The van der Waals surface area contributed by atoms with Crippen LogP contribution in [0.4, 0.5) is 59.6 Å². The summed E-state index contributed by atoms with van der Waals surface area (Å²) in [6.07, 6.45) is 0.137. The molecule has 0 radical (unpaired) electrons. The number of carbonyl (C=O) groups is 1. The van der Waals surface area contributed by atoms with Crippen LogP contribution < -0.4 is 41.3 Å². The van der Waals surface area contributed by atoms with Crippen LogP contribution in [-0.2, 0) is 62.4 Å². The molecule has 3 aliphatic rings. The Morgan fingerprint density at radius 3 is 1.68 bits per heavy atom. The molecule has 12 rings (SSSR count). The smallest absolute Gasteiger partial charge is 0.416 e. The van der Waals surface area contributed by atoms with E-state index in [-0.39, 0.29) is 68.9 Å². The van der Waals surface area contributed by atoms with Crippen molar-refractivity contribution in [3.05, 3.63) is 221 Å². The first-order valence-corrected chi connectivity index (χ1v) is 32.8. The molecule has 6 aromatic carbocycles. The van der Waals surface area contributed by atoms with Crippen LogP contribution in [-0.4, -0.2) is 135 Å². The second-order valence-electron chi connectivity index (χ2n) is 24.7. The topological polar surface area (TPSA) is 206 Å². The second-order valence-corrected chi connectivity index (χ2v) is 24.7. The van der Waals surface area contributed by atoms with E-state index in [1.807, 2.05) is 136 Å². The summed E-state index contributed by atoms with van der Waals surface area (Å²) in [5, 5.41) is 30.3. The van der Waals surface area contributed by atoms with Crippen LogP contribution >= 0.6 is 0 Å². The van der Waals surface area contributed by atoms with E-state index in [1.54, 1.807) is 56.3 Å². The lowest BCUT2D eigenvalue weighted by molar-refractivity contribution is -0.191. The van der Waals surface area contributed by atoms with Gasteiger partial charge in [0, 0.05) is 97.4 Å². The monoisotopic (exact) mass is 1370 g/mol. The molecule has 522 valence electrons. The summed E-state index contributed by atoms with van der Waals surface area (Å²) in [5.74, 6) is -1.82. The molecule has 2 amide bonds. The summed E-state index contributed by atoms with van der Waals surface area (Å²) in [6.45, 7) is 9.23. The summed E-state index contributed by atoms with van der Waals surface area (Å²) in [5.41, 5.74) is 4.72. The van der Waals surface area contributed by atoms with Crippen molar-refractivity contribution in [1.82, 2.24) is 43.9 Å². The highest BCUT2D eigenvalue weighted by Gasteiger charge is 2.47. The van der Waals surface area contributed by atoms with Crippen LogP contribution in [0.3, 0.4) is 0 Å². The molecule has 28 heteroatoms. The van der Waals surface area contributed by atoms with E-state index in [1.165, 1.54) is 27.4 Å². The third kappa shape index (κ3) is 16.7. The highest BCUT2D eigenvalue weighted by molar-refractivity contribution is 5.93. The van der Waals surface area contributed by atoms with E-state index < -0.39 is 47.3 Å². The number of urea groups is 1. The molecule has 22 nitrogen and oxygen atoms in total. The van der Waals surface area contributed by atoms with E-state index in [9.17, 15) is 35.9 Å². The summed E-state index contributed by atoms with van der Waals surface area (Å²) in [6, 6.07) is 41.2. The number of hydrogen-bond acceptors (Lipinski definition) is 16. The summed E-state index contributed by atoms with van der Waals surface area (Å²) in [7, 11) is 1.87. The Kier molecular flexibility index (Phi) is 21.0. The van der Waals surface area contributed by atoms with E-state index in [2.05, 4.69) is 36.6 Å². The van der Waals surface area contributed by atoms with Crippen LogP contribution in [0.5, 0.6) is 11.5 Å². The van der Waals surface area contributed by atoms with Gasteiger partial charge < -0.3 is 49.7 Å². The molecule has 0 spiro atoms. The van der Waals surface area contributed by atoms with Gasteiger partial charge in [-0.15, -0.1) is 0 Å². The largest absolute Gasteiger partial charge is 0.491 e. The number of anilines is 5. The highest BCUT2D eigenvalue weighted by atomic mass is 19.4. The Hall–Kier alpha value is -9.87. The fraction of sp³-hybridized carbons (Fsp3) is 0.366. The van der Waals surface area contributed by atoms with Crippen molar-refractivity contribution >= 4 is 34.5 Å². The van der Waals surface area contributed by atoms with Crippen molar-refractivity contribution in [2.24, 2.45) is 0 Å². The first-order chi connectivity index (χ1) is 47.7. The highest BCUT2D eigenvalue weighted by Crippen LogP contribution is 2.41. The fourth-order valence-electron chi connectivity index (χ4n) is 12.1. The van der Waals surface area contributed by atoms with Gasteiger partial charge in [0.25, 0.3) is 0 Å². The Bertz CT molecular complexity index is 4160. The molecule has 99 heavy (non-hydrogen) atoms. The number of alkyl halides is 6. The molecular formula is C71H78F6N14O8. The molecule has 6 atom stereocenters. The number of hydrogen-bond donors (Lipinski definition) is 4. The molecule has 3 aromatic heterocycles. The normalized spacial score (nSPS) is 19.6. The van der Waals surface area contributed by atoms with Gasteiger partial charge in [0.15, 0.2) is 0 Å². The van der Waals surface area contributed by atoms with E-state index in [4.69, 9.17) is 28.4 Å². The third-order valence-electron chi connectivity index (χ3n) is 17.6. The predicted octanol–water partition coefficient (Wildman–Crippen LogP) is 12.2. The third-order valence-corrected chi connectivity index (χ3v) is 17.6. The Morgan fingerprint density at radius 2 is 1.14 bits per heavy atom. The minimum absolute atomic E-state index is 0.0103. The van der Waals surface area contributed by atoms with E-state index >= 15 is 0 Å². The van der Waals surface area contributed by atoms with Gasteiger partial charge in [0.2, 0.25) is 11.6 Å². The van der Waals surface area contributed by atoms with E-state index in [0.717, 1.165) is 70.4 Å². The zero-order chi connectivity index (χ0) is 69.3. The van der Waals surface area contributed by atoms with Crippen LogP contribution in [0, 0.1) is 0 Å². The van der Waals surface area contributed by atoms with Crippen LogP contribution in [0.25, 0.3) is 5.69 Å². The summed E-state index contributed by atoms with van der Waals surface area (Å²) < 4.78 is 126. The molecule has 0 saturated carbocycles. The van der Waals surface area contributed by atoms with Gasteiger partial charge in [0.05, 0.1) is 62.0 Å². The van der Waals surface area contributed by atoms with Gasteiger partial charge >= 0.3 is 24.1 Å². The number of benzene rings is 6. The number of aryl methyl sites for hydroxylation is 1. The number of halogens is 6. The maximum absolute atomic E-state index is 14.0. The Morgan fingerprint density at radius 1 is 0.606 bits per heavy atom. The average molecular weight is 1370 g/mol. The first kappa shape index (κ1) is 69.0. The number of nitrogens with one attached hydrogen (secondary N) is 4. The zero-order valence-electron chi connectivity index (χ0n) is 55.0. The molecule has 0 bridgehead atoms. The number of hydrazine groups is 1. The Balaban J connectivity index is 0.571. The lowest BCUT2D eigenvalue weighted by Gasteiger charge is -2.29. The maximum Gasteiger partial charge on any atom is 0.416 e. The van der Waals surface area contributed by atoms with Gasteiger partial charge in [-0.05, 0) is 166 Å². The number of aromatic nitrogens is 7. The number of nitrogens with zero attached hydrogens (tertiary/aromatic N) is 10. The van der Waals surface area contributed by atoms with Gasteiger partial charge in [-0.2, -0.15) is 46.6 Å². The molecule has 3 aliphatic heterocycles. The Labute approximate surface area is 567 Å². The van der Waals surface area contributed by atoms with Crippen LogP contribution in [0.15, 0.2) is 188 Å². The minimum atomic E-state index is -4.54. The maximum atomic E-state index is 14.0. The summed E-state index contributed by atoms with van der Waals surface area (Å²) in [4.78, 5) is 28.6. The van der Waals surface area contributed by atoms with Crippen molar-refractivity contribution in [3.63, 3.8) is 0 Å². The van der Waals surface area contributed by atoms with Crippen molar-refractivity contribution in [2.45, 2.75) is 101 Å². The lowest BCUT2D eigenvalue weighted by Crippen LogP contribution is -2.43. The van der Waals surface area contributed by atoms with Crippen molar-refractivity contribution in [2.75, 3.05) is 92.5 Å². The number of ether oxygens (including phenoxy) is 6. The minimum Gasteiger partial charge on any atom is -0.491 e. The number of amides is 2. The van der Waals surface area contributed by atoms with Gasteiger partial charge in [-0.1, -0.05) is 31.2 Å². The molecule has 9 aromatic rings. The molecule has 4 N–H and O–H groups in total. The molecule has 0 aliphatic carbocycles. The van der Waals surface area contributed by atoms with Crippen molar-refractivity contribution < 1.29 is 59.6 Å². The molecule has 3 saturated heterocycles. The first-order valence-electron chi connectivity index (χ1n) is 32.8. The van der Waals surface area contributed by atoms with Gasteiger partial charge in [-0.25, -0.2) is 18.8 Å². The fourth-order valence-corrected chi connectivity index (χ4v) is 12.1. The van der Waals surface area contributed by atoms with Crippen molar-refractivity contribution in [1.29, 1.82) is 0 Å². The quantitative estimate of drug-likeness (QED) is 0.0244. The van der Waals surface area contributed by atoms with Gasteiger partial charge in [0.1, 0.15) is 43.2 Å². The van der Waals surface area contributed by atoms with E-state index in [0.29, 0.717) is 62.8 Å². The molecule has 3 fully saturated rings.